The molecule has 0 spiro atoms. The van der Waals surface area contributed by atoms with Crippen molar-refractivity contribution in [1.82, 2.24) is 14.7 Å². The number of ether oxygens (including phenoxy) is 1. The van der Waals surface area contributed by atoms with Crippen LogP contribution in [0.25, 0.3) is 0 Å². The van der Waals surface area contributed by atoms with Gasteiger partial charge in [0.05, 0.1) is 24.9 Å². The van der Waals surface area contributed by atoms with E-state index in [4.69, 9.17) is 4.74 Å². The molecule has 0 saturated carbocycles. The summed E-state index contributed by atoms with van der Waals surface area (Å²) in [5.74, 6) is 0.0544. The minimum atomic E-state index is -0.392. The van der Waals surface area contributed by atoms with Gasteiger partial charge in [0.2, 0.25) is 5.91 Å². The highest BCUT2D eigenvalue weighted by atomic mass is 16.5. The van der Waals surface area contributed by atoms with Gasteiger partial charge in [-0.3, -0.25) is 9.48 Å². The number of aromatic nitrogens is 2. The molecule has 128 valence electrons. The molecular weight excluding hydrogens is 306 g/mol. The Morgan fingerprint density at radius 2 is 2.12 bits per heavy atom. The van der Waals surface area contributed by atoms with Gasteiger partial charge in [-0.1, -0.05) is 30.3 Å². The van der Waals surface area contributed by atoms with Gasteiger partial charge in [0, 0.05) is 25.7 Å². The minimum Gasteiger partial charge on any atom is -0.394 e. The SMILES string of the molecule is Cc1ccn(CCC(=O)N2CCO[C@H](CO)[C@H]2c2ccccc2)n1. The molecule has 1 aromatic carbocycles. The lowest BCUT2D eigenvalue weighted by atomic mass is 9.98. The molecular formula is C18H23N3O3. The van der Waals surface area contributed by atoms with Gasteiger partial charge in [0.25, 0.3) is 0 Å². The van der Waals surface area contributed by atoms with Crippen molar-refractivity contribution < 1.29 is 14.6 Å². The van der Waals surface area contributed by atoms with E-state index in [1.807, 2.05) is 54.4 Å². The molecule has 1 aliphatic rings. The third kappa shape index (κ3) is 3.66. The Morgan fingerprint density at radius 3 is 2.79 bits per heavy atom. The minimum absolute atomic E-state index is 0.0544. The van der Waals surface area contributed by atoms with Crippen LogP contribution in [0.4, 0.5) is 0 Å². The lowest BCUT2D eigenvalue weighted by Gasteiger charge is -2.41. The molecule has 0 unspecified atom stereocenters. The topological polar surface area (TPSA) is 67.6 Å². The third-order valence-electron chi connectivity index (χ3n) is 4.32. The number of rotatable bonds is 5. The predicted molar refractivity (Wildman–Crippen MR) is 89.3 cm³/mol. The van der Waals surface area contributed by atoms with Gasteiger partial charge in [-0.25, -0.2) is 0 Å². The standard InChI is InChI=1S/C18H23N3O3/c1-14-7-9-20(19-14)10-8-17(23)21-11-12-24-16(13-22)18(21)15-5-3-2-4-6-15/h2-7,9,16,18,22H,8,10-13H2,1H3/t16-,18-/m1/s1. The average molecular weight is 329 g/mol. The van der Waals surface area contributed by atoms with E-state index in [1.54, 1.807) is 4.68 Å². The second-order valence-electron chi connectivity index (χ2n) is 6.00. The fraction of sp³-hybridized carbons (Fsp3) is 0.444. The second-order valence-corrected chi connectivity index (χ2v) is 6.00. The van der Waals surface area contributed by atoms with E-state index < -0.39 is 6.10 Å². The van der Waals surface area contributed by atoms with E-state index in [1.165, 1.54) is 0 Å². The van der Waals surface area contributed by atoms with Gasteiger partial charge in [0.15, 0.2) is 0 Å². The zero-order chi connectivity index (χ0) is 16.9. The fourth-order valence-corrected chi connectivity index (χ4v) is 3.15. The molecule has 0 aliphatic carbocycles. The number of carbonyl (C=O) groups excluding carboxylic acids is 1. The number of hydrogen-bond donors (Lipinski definition) is 1. The summed E-state index contributed by atoms with van der Waals surface area (Å²) in [5, 5.41) is 14.0. The average Bonchev–Trinajstić information content (AvgIpc) is 3.05. The van der Waals surface area contributed by atoms with Crippen LogP contribution in [0.3, 0.4) is 0 Å². The molecule has 1 N–H and O–H groups in total. The number of hydrogen-bond acceptors (Lipinski definition) is 4. The predicted octanol–water partition coefficient (Wildman–Crippen LogP) is 1.54. The highest BCUT2D eigenvalue weighted by Gasteiger charge is 2.35. The zero-order valence-corrected chi connectivity index (χ0v) is 13.8. The summed E-state index contributed by atoms with van der Waals surface area (Å²) in [7, 11) is 0. The van der Waals surface area contributed by atoms with Crippen LogP contribution in [-0.4, -0.2) is 51.6 Å². The summed E-state index contributed by atoms with van der Waals surface area (Å²) in [6.45, 7) is 3.35. The smallest absolute Gasteiger partial charge is 0.225 e. The Balaban J connectivity index is 1.74. The van der Waals surface area contributed by atoms with E-state index >= 15 is 0 Å². The number of nitrogens with zero attached hydrogens (tertiary/aromatic N) is 3. The summed E-state index contributed by atoms with van der Waals surface area (Å²) in [5.41, 5.74) is 1.93. The second kappa shape index (κ2) is 7.59. The summed E-state index contributed by atoms with van der Waals surface area (Å²) in [6, 6.07) is 11.4. The Kier molecular flexibility index (Phi) is 5.27. The quantitative estimate of drug-likeness (QED) is 0.904. The molecule has 1 saturated heterocycles. The molecule has 1 aliphatic heterocycles. The van der Waals surface area contributed by atoms with Gasteiger partial charge in [-0.05, 0) is 18.6 Å². The zero-order valence-electron chi connectivity index (χ0n) is 13.8. The van der Waals surface area contributed by atoms with Crippen LogP contribution >= 0.6 is 0 Å². The molecule has 24 heavy (non-hydrogen) atoms. The first-order chi connectivity index (χ1) is 11.7. The van der Waals surface area contributed by atoms with Crippen molar-refractivity contribution in [3.63, 3.8) is 0 Å². The van der Waals surface area contributed by atoms with Crippen molar-refractivity contribution in [3.8, 4) is 0 Å². The van der Waals surface area contributed by atoms with E-state index in [-0.39, 0.29) is 18.6 Å². The Labute approximate surface area is 141 Å². The van der Waals surface area contributed by atoms with E-state index in [2.05, 4.69) is 5.10 Å². The van der Waals surface area contributed by atoms with Crippen LogP contribution in [0.5, 0.6) is 0 Å². The Bertz CT molecular complexity index is 671. The van der Waals surface area contributed by atoms with Gasteiger partial charge >= 0.3 is 0 Å². The molecule has 1 aromatic heterocycles. The monoisotopic (exact) mass is 329 g/mol. The van der Waals surface area contributed by atoms with Gasteiger partial charge in [0.1, 0.15) is 6.10 Å². The maximum atomic E-state index is 12.8. The molecule has 6 nitrogen and oxygen atoms in total. The normalized spacial score (nSPS) is 21.0. The first kappa shape index (κ1) is 16.7. The number of carbonyl (C=O) groups is 1. The molecule has 2 aromatic rings. The van der Waals surface area contributed by atoms with Crippen molar-refractivity contribution >= 4 is 5.91 Å². The van der Waals surface area contributed by atoms with E-state index in [9.17, 15) is 9.90 Å². The number of aryl methyl sites for hydroxylation is 2. The van der Waals surface area contributed by atoms with Crippen LogP contribution < -0.4 is 0 Å². The van der Waals surface area contributed by atoms with Gasteiger partial charge in [-0.15, -0.1) is 0 Å². The van der Waals surface area contributed by atoms with E-state index in [0.717, 1.165) is 11.3 Å². The number of amides is 1. The van der Waals surface area contributed by atoms with Crippen LogP contribution in [0.15, 0.2) is 42.6 Å². The summed E-state index contributed by atoms with van der Waals surface area (Å²) in [6.07, 6.45) is 1.87. The summed E-state index contributed by atoms with van der Waals surface area (Å²) < 4.78 is 7.47. The number of aliphatic hydroxyl groups excluding tert-OH is 1. The van der Waals surface area contributed by atoms with Gasteiger partial charge in [-0.2, -0.15) is 5.10 Å². The lowest BCUT2D eigenvalue weighted by Crippen LogP contribution is -2.49. The van der Waals surface area contributed by atoms with Crippen molar-refractivity contribution in [2.24, 2.45) is 0 Å². The molecule has 3 rings (SSSR count). The molecule has 6 heteroatoms. The number of aliphatic hydroxyl groups is 1. The highest BCUT2D eigenvalue weighted by Crippen LogP contribution is 2.30. The van der Waals surface area contributed by atoms with Crippen LogP contribution in [0, 0.1) is 6.92 Å². The van der Waals surface area contributed by atoms with E-state index in [0.29, 0.717) is 26.1 Å². The van der Waals surface area contributed by atoms with Crippen molar-refractivity contribution in [2.75, 3.05) is 19.8 Å². The van der Waals surface area contributed by atoms with Crippen molar-refractivity contribution in [2.45, 2.75) is 32.0 Å². The first-order valence-corrected chi connectivity index (χ1v) is 8.26. The van der Waals surface area contributed by atoms with Crippen molar-refractivity contribution in [3.05, 3.63) is 53.9 Å². The molecule has 1 amide bonds. The summed E-state index contributed by atoms with van der Waals surface area (Å²) >= 11 is 0. The maximum Gasteiger partial charge on any atom is 0.225 e. The van der Waals surface area contributed by atoms with Gasteiger partial charge < -0.3 is 14.7 Å². The summed E-state index contributed by atoms with van der Waals surface area (Å²) in [4.78, 5) is 14.6. The van der Waals surface area contributed by atoms with Crippen LogP contribution in [0.2, 0.25) is 0 Å². The van der Waals surface area contributed by atoms with Crippen LogP contribution in [-0.2, 0) is 16.1 Å². The lowest BCUT2D eigenvalue weighted by molar-refractivity contribution is -0.150. The molecule has 0 radical (unpaired) electrons. The number of morpholine rings is 1. The molecule has 1 fully saturated rings. The number of benzene rings is 1. The highest BCUT2D eigenvalue weighted by molar-refractivity contribution is 5.77. The fourth-order valence-electron chi connectivity index (χ4n) is 3.15. The van der Waals surface area contributed by atoms with Crippen LogP contribution in [0.1, 0.15) is 23.7 Å². The largest absolute Gasteiger partial charge is 0.394 e. The Morgan fingerprint density at radius 1 is 1.33 bits per heavy atom. The molecule has 2 atom stereocenters. The molecule has 2 heterocycles. The Hall–Kier alpha value is -2.18. The van der Waals surface area contributed by atoms with Crippen molar-refractivity contribution in [1.29, 1.82) is 0 Å². The first-order valence-electron chi connectivity index (χ1n) is 8.26. The maximum absolute atomic E-state index is 12.8. The molecule has 0 bridgehead atoms. The third-order valence-corrected chi connectivity index (χ3v) is 4.32.